The zero-order valence-electron chi connectivity index (χ0n) is 9.04. The van der Waals surface area contributed by atoms with Crippen molar-refractivity contribution in [1.29, 1.82) is 0 Å². The van der Waals surface area contributed by atoms with Crippen LogP contribution in [0.15, 0.2) is 0 Å². The van der Waals surface area contributed by atoms with E-state index in [1.165, 1.54) is 0 Å². The largest absolute Gasteiger partial charge is 0.379 e. The third-order valence-electron chi connectivity index (χ3n) is 2.88. The summed E-state index contributed by atoms with van der Waals surface area (Å²) in [4.78, 5) is 11.9. The maximum absolute atomic E-state index is 11.9. The van der Waals surface area contributed by atoms with Gasteiger partial charge in [0.25, 0.3) is 0 Å². The van der Waals surface area contributed by atoms with Gasteiger partial charge in [-0.25, -0.2) is 0 Å². The Balaban J connectivity index is 1.85. The quantitative estimate of drug-likeness (QED) is 0.636. The molecule has 2 unspecified atom stereocenters. The first-order chi connectivity index (χ1) is 7.20. The van der Waals surface area contributed by atoms with Crippen LogP contribution >= 0.6 is 0 Å². The lowest BCUT2D eigenvalue weighted by Gasteiger charge is -2.29. The summed E-state index contributed by atoms with van der Waals surface area (Å²) in [7, 11) is 0. The lowest BCUT2D eigenvalue weighted by Crippen LogP contribution is -2.57. The fourth-order valence-electron chi connectivity index (χ4n) is 1.88. The van der Waals surface area contributed by atoms with Crippen LogP contribution in [0.2, 0.25) is 0 Å². The number of amides is 1. The topological polar surface area (TPSA) is 59.6 Å². The molecule has 0 aliphatic carbocycles. The molecule has 0 spiro atoms. The molecule has 0 aromatic carbocycles. The highest BCUT2D eigenvalue weighted by Crippen LogP contribution is 2.17. The van der Waals surface area contributed by atoms with E-state index in [1.54, 1.807) is 0 Å². The SMILES string of the molecule is CC1(NC(=O)C2COCCN2)CCOC1. The smallest absolute Gasteiger partial charge is 0.240 e. The van der Waals surface area contributed by atoms with E-state index in [0.717, 1.165) is 19.6 Å². The van der Waals surface area contributed by atoms with Crippen LogP contribution in [0.1, 0.15) is 13.3 Å². The summed E-state index contributed by atoms with van der Waals surface area (Å²) < 4.78 is 10.5. The highest BCUT2D eigenvalue weighted by atomic mass is 16.5. The first-order valence-electron chi connectivity index (χ1n) is 5.41. The van der Waals surface area contributed by atoms with Gasteiger partial charge in [-0.05, 0) is 13.3 Å². The summed E-state index contributed by atoms with van der Waals surface area (Å²) in [6.45, 7) is 5.23. The van der Waals surface area contributed by atoms with Crippen molar-refractivity contribution in [3.63, 3.8) is 0 Å². The number of rotatable bonds is 2. The summed E-state index contributed by atoms with van der Waals surface area (Å²) in [5.41, 5.74) is -0.198. The van der Waals surface area contributed by atoms with Crippen LogP contribution in [-0.4, -0.2) is 50.5 Å². The van der Waals surface area contributed by atoms with Crippen molar-refractivity contribution in [3.8, 4) is 0 Å². The average molecular weight is 214 g/mol. The van der Waals surface area contributed by atoms with Crippen molar-refractivity contribution in [2.24, 2.45) is 0 Å². The monoisotopic (exact) mass is 214 g/mol. The molecule has 2 aliphatic rings. The molecule has 0 aromatic rings. The van der Waals surface area contributed by atoms with E-state index in [0.29, 0.717) is 19.8 Å². The molecule has 0 radical (unpaired) electrons. The van der Waals surface area contributed by atoms with Crippen LogP contribution in [0.5, 0.6) is 0 Å². The van der Waals surface area contributed by atoms with Gasteiger partial charge in [-0.15, -0.1) is 0 Å². The molecular weight excluding hydrogens is 196 g/mol. The fraction of sp³-hybridized carbons (Fsp3) is 0.900. The second-order valence-electron chi connectivity index (χ2n) is 4.43. The standard InChI is InChI=1S/C10H18N2O3/c1-10(2-4-15-7-10)12-9(13)8-6-14-5-3-11-8/h8,11H,2-7H2,1H3,(H,12,13). The molecule has 0 bridgehead atoms. The number of morpholine rings is 1. The molecular formula is C10H18N2O3. The molecule has 86 valence electrons. The van der Waals surface area contributed by atoms with Gasteiger partial charge in [-0.3, -0.25) is 4.79 Å². The van der Waals surface area contributed by atoms with E-state index in [4.69, 9.17) is 9.47 Å². The van der Waals surface area contributed by atoms with E-state index < -0.39 is 0 Å². The van der Waals surface area contributed by atoms with Crippen LogP contribution in [0, 0.1) is 0 Å². The number of hydrogen-bond donors (Lipinski definition) is 2. The van der Waals surface area contributed by atoms with Crippen molar-refractivity contribution in [2.75, 3.05) is 33.0 Å². The van der Waals surface area contributed by atoms with Crippen molar-refractivity contribution in [1.82, 2.24) is 10.6 Å². The van der Waals surface area contributed by atoms with E-state index in [1.807, 2.05) is 6.92 Å². The average Bonchev–Trinajstić information content (AvgIpc) is 2.66. The third kappa shape index (κ3) is 2.68. The molecule has 2 fully saturated rings. The van der Waals surface area contributed by atoms with Gasteiger partial charge in [0.15, 0.2) is 0 Å². The van der Waals surface area contributed by atoms with Gasteiger partial charge in [-0.2, -0.15) is 0 Å². The van der Waals surface area contributed by atoms with Crippen LogP contribution in [0.25, 0.3) is 0 Å². The minimum Gasteiger partial charge on any atom is -0.379 e. The first-order valence-corrected chi connectivity index (χ1v) is 5.41. The first kappa shape index (κ1) is 10.9. The summed E-state index contributed by atoms with van der Waals surface area (Å²) in [5.74, 6) is 0.0164. The van der Waals surface area contributed by atoms with Crippen LogP contribution in [0.4, 0.5) is 0 Å². The Labute approximate surface area is 89.5 Å². The van der Waals surface area contributed by atoms with E-state index in [2.05, 4.69) is 10.6 Å². The molecule has 15 heavy (non-hydrogen) atoms. The van der Waals surface area contributed by atoms with Gasteiger partial charge in [0, 0.05) is 13.2 Å². The molecule has 1 amide bonds. The highest BCUT2D eigenvalue weighted by Gasteiger charge is 2.33. The second-order valence-corrected chi connectivity index (χ2v) is 4.43. The Morgan fingerprint density at radius 3 is 2.93 bits per heavy atom. The van der Waals surface area contributed by atoms with Crippen LogP contribution in [-0.2, 0) is 14.3 Å². The predicted molar refractivity (Wildman–Crippen MR) is 54.6 cm³/mol. The second kappa shape index (κ2) is 4.47. The molecule has 2 heterocycles. The normalized spacial score (nSPS) is 36.5. The maximum atomic E-state index is 11.9. The van der Waals surface area contributed by atoms with E-state index >= 15 is 0 Å². The Kier molecular flexibility index (Phi) is 3.23. The molecule has 2 saturated heterocycles. The lowest BCUT2D eigenvalue weighted by molar-refractivity contribution is -0.127. The van der Waals surface area contributed by atoms with Gasteiger partial charge < -0.3 is 20.1 Å². The molecule has 5 heteroatoms. The van der Waals surface area contributed by atoms with E-state index in [9.17, 15) is 4.79 Å². The number of ether oxygens (including phenoxy) is 2. The number of hydrogen-bond acceptors (Lipinski definition) is 4. The molecule has 2 N–H and O–H groups in total. The Bertz CT molecular complexity index is 233. The van der Waals surface area contributed by atoms with Crippen molar-refractivity contribution in [2.45, 2.75) is 24.9 Å². The number of carbonyl (C=O) groups is 1. The number of carbonyl (C=O) groups excluding carboxylic acids is 1. The minimum absolute atomic E-state index is 0.0164. The summed E-state index contributed by atoms with van der Waals surface area (Å²) in [5, 5.41) is 6.15. The van der Waals surface area contributed by atoms with Crippen molar-refractivity contribution < 1.29 is 14.3 Å². The molecule has 2 aliphatic heterocycles. The third-order valence-corrected chi connectivity index (χ3v) is 2.88. The predicted octanol–water partition coefficient (Wildman–Crippen LogP) is -0.730. The van der Waals surface area contributed by atoms with Crippen LogP contribution in [0.3, 0.4) is 0 Å². The van der Waals surface area contributed by atoms with Crippen molar-refractivity contribution >= 4 is 5.91 Å². The lowest BCUT2D eigenvalue weighted by atomic mass is 10.0. The highest BCUT2D eigenvalue weighted by molar-refractivity contribution is 5.82. The fourth-order valence-corrected chi connectivity index (χ4v) is 1.88. The molecule has 5 nitrogen and oxygen atoms in total. The Morgan fingerprint density at radius 2 is 2.33 bits per heavy atom. The minimum atomic E-state index is -0.212. The van der Waals surface area contributed by atoms with Gasteiger partial charge in [-0.1, -0.05) is 0 Å². The maximum Gasteiger partial charge on any atom is 0.240 e. The Morgan fingerprint density at radius 1 is 1.47 bits per heavy atom. The molecule has 0 saturated carbocycles. The summed E-state index contributed by atoms with van der Waals surface area (Å²) in [6.07, 6.45) is 0.881. The van der Waals surface area contributed by atoms with E-state index in [-0.39, 0.29) is 17.5 Å². The Hall–Kier alpha value is -0.650. The molecule has 2 rings (SSSR count). The summed E-state index contributed by atoms with van der Waals surface area (Å²) >= 11 is 0. The van der Waals surface area contributed by atoms with Crippen LogP contribution < -0.4 is 10.6 Å². The summed E-state index contributed by atoms with van der Waals surface area (Å²) in [6, 6.07) is -0.212. The van der Waals surface area contributed by atoms with Gasteiger partial charge >= 0.3 is 0 Å². The van der Waals surface area contributed by atoms with Gasteiger partial charge in [0.1, 0.15) is 6.04 Å². The van der Waals surface area contributed by atoms with Gasteiger partial charge in [0.2, 0.25) is 5.91 Å². The van der Waals surface area contributed by atoms with Crippen molar-refractivity contribution in [3.05, 3.63) is 0 Å². The molecule has 0 aromatic heterocycles. The zero-order valence-corrected chi connectivity index (χ0v) is 9.04. The zero-order chi connectivity index (χ0) is 10.7. The van der Waals surface area contributed by atoms with Gasteiger partial charge in [0.05, 0.1) is 25.4 Å². The number of nitrogens with one attached hydrogen (secondary N) is 2. The molecule has 2 atom stereocenters.